The molecular weight excluding hydrogens is 318 g/mol. The summed E-state index contributed by atoms with van der Waals surface area (Å²) in [4.78, 5) is 30.2. The Labute approximate surface area is 144 Å². The Morgan fingerprint density at radius 1 is 1.12 bits per heavy atom. The molecule has 1 atom stereocenters. The lowest BCUT2D eigenvalue weighted by Crippen LogP contribution is -2.24. The molecule has 1 aliphatic heterocycles. The largest absolute Gasteiger partial charge is 0.480 e. The van der Waals surface area contributed by atoms with Crippen LogP contribution in [0.2, 0.25) is 0 Å². The van der Waals surface area contributed by atoms with Gasteiger partial charge in [-0.25, -0.2) is 4.98 Å². The highest BCUT2D eigenvalue weighted by molar-refractivity contribution is 5.96. The lowest BCUT2D eigenvalue weighted by atomic mass is 10.1. The SMILES string of the molecule is O=C(O)Cn1c([C@@H]2CC(=O)N(c3ccccc3)C2)nc2ccccc21. The average molecular weight is 335 g/mol. The van der Waals surface area contributed by atoms with E-state index in [4.69, 9.17) is 0 Å². The summed E-state index contributed by atoms with van der Waals surface area (Å²) in [5.41, 5.74) is 2.39. The van der Waals surface area contributed by atoms with Crippen molar-refractivity contribution >= 4 is 28.6 Å². The van der Waals surface area contributed by atoms with E-state index in [9.17, 15) is 14.7 Å². The van der Waals surface area contributed by atoms with Gasteiger partial charge in [-0.3, -0.25) is 9.59 Å². The molecule has 126 valence electrons. The number of carboxylic acid groups (broad SMARTS) is 1. The molecule has 0 bridgehead atoms. The van der Waals surface area contributed by atoms with Crippen LogP contribution in [0.4, 0.5) is 5.69 Å². The van der Waals surface area contributed by atoms with Gasteiger partial charge in [-0.15, -0.1) is 0 Å². The van der Waals surface area contributed by atoms with Gasteiger partial charge in [0.05, 0.1) is 11.0 Å². The third-order valence-corrected chi connectivity index (χ3v) is 4.54. The second-order valence-electron chi connectivity index (χ2n) is 6.18. The Balaban J connectivity index is 1.73. The summed E-state index contributed by atoms with van der Waals surface area (Å²) in [6.07, 6.45) is 0.331. The second-order valence-corrected chi connectivity index (χ2v) is 6.18. The van der Waals surface area contributed by atoms with Crippen LogP contribution < -0.4 is 4.90 Å². The summed E-state index contributed by atoms with van der Waals surface area (Å²) >= 11 is 0. The normalized spacial score (nSPS) is 17.4. The fraction of sp³-hybridized carbons (Fsp3) is 0.211. The maximum atomic E-state index is 12.5. The fourth-order valence-corrected chi connectivity index (χ4v) is 3.45. The number of carboxylic acids is 1. The zero-order chi connectivity index (χ0) is 17.4. The molecule has 0 saturated carbocycles. The van der Waals surface area contributed by atoms with Gasteiger partial charge in [-0.1, -0.05) is 30.3 Å². The lowest BCUT2D eigenvalue weighted by Gasteiger charge is -2.17. The van der Waals surface area contributed by atoms with Gasteiger partial charge in [-0.05, 0) is 24.3 Å². The van der Waals surface area contributed by atoms with Gasteiger partial charge >= 0.3 is 5.97 Å². The van der Waals surface area contributed by atoms with E-state index in [0.29, 0.717) is 18.8 Å². The molecule has 1 saturated heterocycles. The molecule has 1 N–H and O–H groups in total. The topological polar surface area (TPSA) is 75.4 Å². The second kappa shape index (κ2) is 6.05. The molecule has 1 aromatic heterocycles. The number of para-hydroxylation sites is 3. The van der Waals surface area contributed by atoms with Crippen molar-refractivity contribution in [1.82, 2.24) is 9.55 Å². The van der Waals surface area contributed by atoms with E-state index in [1.165, 1.54) is 0 Å². The molecule has 0 aliphatic carbocycles. The number of aromatic nitrogens is 2. The predicted octanol–water partition coefficient (Wildman–Crippen LogP) is 2.64. The zero-order valence-electron chi connectivity index (χ0n) is 13.5. The minimum Gasteiger partial charge on any atom is -0.480 e. The number of aliphatic carboxylic acids is 1. The zero-order valence-corrected chi connectivity index (χ0v) is 13.5. The summed E-state index contributed by atoms with van der Waals surface area (Å²) in [5, 5.41) is 9.27. The molecule has 1 amide bonds. The fourth-order valence-electron chi connectivity index (χ4n) is 3.45. The quantitative estimate of drug-likeness (QED) is 0.795. The molecule has 0 unspecified atom stereocenters. The van der Waals surface area contributed by atoms with Gasteiger partial charge in [0, 0.05) is 24.6 Å². The van der Waals surface area contributed by atoms with E-state index < -0.39 is 5.97 Å². The minimum absolute atomic E-state index is 0.0325. The number of hydrogen-bond donors (Lipinski definition) is 1. The Bertz CT molecular complexity index is 949. The third-order valence-electron chi connectivity index (χ3n) is 4.54. The van der Waals surface area contributed by atoms with Crippen molar-refractivity contribution in [1.29, 1.82) is 0 Å². The molecule has 2 aromatic carbocycles. The molecule has 6 heteroatoms. The van der Waals surface area contributed by atoms with E-state index in [1.54, 1.807) is 9.47 Å². The maximum Gasteiger partial charge on any atom is 0.323 e. The molecule has 2 heterocycles. The summed E-state index contributed by atoms with van der Waals surface area (Å²) in [6.45, 7) is 0.345. The Morgan fingerprint density at radius 3 is 2.60 bits per heavy atom. The van der Waals surface area contributed by atoms with Crippen molar-refractivity contribution < 1.29 is 14.7 Å². The molecule has 1 aliphatic rings. The third kappa shape index (κ3) is 2.76. The van der Waals surface area contributed by atoms with Gasteiger partial charge in [0.2, 0.25) is 5.91 Å². The first-order valence-corrected chi connectivity index (χ1v) is 8.16. The number of fused-ring (bicyclic) bond motifs is 1. The number of imidazole rings is 1. The Morgan fingerprint density at radius 2 is 1.84 bits per heavy atom. The van der Waals surface area contributed by atoms with Crippen LogP contribution in [0, 0.1) is 0 Å². The van der Waals surface area contributed by atoms with Gasteiger partial charge < -0.3 is 14.6 Å². The van der Waals surface area contributed by atoms with Crippen molar-refractivity contribution in [3.8, 4) is 0 Å². The van der Waals surface area contributed by atoms with E-state index in [2.05, 4.69) is 4.98 Å². The van der Waals surface area contributed by atoms with Gasteiger partial charge in [0.15, 0.2) is 0 Å². The summed E-state index contributed by atoms with van der Waals surface area (Å²) in [7, 11) is 0. The first kappa shape index (κ1) is 15.4. The molecule has 0 radical (unpaired) electrons. The number of carbonyl (C=O) groups is 2. The van der Waals surface area contributed by atoms with Crippen LogP contribution in [0.5, 0.6) is 0 Å². The summed E-state index contributed by atoms with van der Waals surface area (Å²) in [5.74, 6) is -0.353. The van der Waals surface area contributed by atoms with Crippen molar-refractivity contribution in [3.63, 3.8) is 0 Å². The van der Waals surface area contributed by atoms with E-state index >= 15 is 0 Å². The molecule has 0 spiro atoms. The Kier molecular flexibility index (Phi) is 3.72. The average Bonchev–Trinajstić information content (AvgIpc) is 3.16. The standard InChI is InChI=1S/C19H17N3O3/c23-17-10-13(11-21(17)14-6-2-1-3-7-14)19-20-15-8-4-5-9-16(15)22(19)12-18(24)25/h1-9,13H,10-12H2,(H,24,25)/t13-/m1/s1. The highest BCUT2D eigenvalue weighted by atomic mass is 16.4. The van der Waals surface area contributed by atoms with Gasteiger partial charge in [-0.2, -0.15) is 0 Å². The van der Waals surface area contributed by atoms with Crippen LogP contribution in [0.3, 0.4) is 0 Å². The molecule has 3 aromatic rings. The Hall–Kier alpha value is -3.15. The number of carbonyl (C=O) groups excluding carboxylic acids is 1. The van der Waals surface area contributed by atoms with Crippen molar-refractivity contribution in [2.24, 2.45) is 0 Å². The first-order valence-electron chi connectivity index (χ1n) is 8.16. The van der Waals surface area contributed by atoms with E-state index in [-0.39, 0.29) is 18.4 Å². The number of benzene rings is 2. The maximum absolute atomic E-state index is 12.5. The number of rotatable bonds is 4. The molecule has 25 heavy (non-hydrogen) atoms. The van der Waals surface area contributed by atoms with Gasteiger partial charge in [0.25, 0.3) is 0 Å². The van der Waals surface area contributed by atoms with Crippen molar-refractivity contribution in [3.05, 3.63) is 60.4 Å². The molecular formula is C19H17N3O3. The van der Waals surface area contributed by atoms with Crippen LogP contribution in [0.15, 0.2) is 54.6 Å². The van der Waals surface area contributed by atoms with Crippen LogP contribution in [-0.2, 0) is 16.1 Å². The van der Waals surface area contributed by atoms with Crippen LogP contribution in [0.25, 0.3) is 11.0 Å². The van der Waals surface area contributed by atoms with E-state index in [1.807, 2.05) is 54.6 Å². The minimum atomic E-state index is -0.923. The number of anilines is 1. The smallest absolute Gasteiger partial charge is 0.323 e. The summed E-state index contributed by atoms with van der Waals surface area (Å²) in [6, 6.07) is 17.0. The molecule has 1 fully saturated rings. The highest BCUT2D eigenvalue weighted by Crippen LogP contribution is 2.33. The van der Waals surface area contributed by atoms with Crippen LogP contribution >= 0.6 is 0 Å². The van der Waals surface area contributed by atoms with E-state index in [0.717, 1.165) is 16.7 Å². The molecule has 6 nitrogen and oxygen atoms in total. The monoisotopic (exact) mass is 335 g/mol. The van der Waals surface area contributed by atoms with Crippen LogP contribution in [-0.4, -0.2) is 33.1 Å². The first-order chi connectivity index (χ1) is 12.1. The molecule has 4 rings (SSSR count). The number of hydrogen-bond acceptors (Lipinski definition) is 3. The van der Waals surface area contributed by atoms with Gasteiger partial charge in [0.1, 0.15) is 12.4 Å². The van der Waals surface area contributed by atoms with Crippen LogP contribution in [0.1, 0.15) is 18.2 Å². The summed E-state index contributed by atoms with van der Waals surface area (Å²) < 4.78 is 1.71. The number of amides is 1. The highest BCUT2D eigenvalue weighted by Gasteiger charge is 2.35. The predicted molar refractivity (Wildman–Crippen MR) is 93.5 cm³/mol. The number of nitrogens with zero attached hydrogens (tertiary/aromatic N) is 3. The van der Waals surface area contributed by atoms with Crippen molar-refractivity contribution in [2.45, 2.75) is 18.9 Å². The van der Waals surface area contributed by atoms with Crippen molar-refractivity contribution in [2.75, 3.05) is 11.4 Å². The lowest BCUT2D eigenvalue weighted by molar-refractivity contribution is -0.137.